The first kappa shape index (κ1) is 24.4. The Morgan fingerprint density at radius 1 is 0.571 bits per heavy atom. The zero-order valence-corrected chi connectivity index (χ0v) is 12.0. The maximum Gasteiger partial charge on any atom is 3.00 e. The molecule has 0 atom stereocenters. The van der Waals surface area contributed by atoms with Gasteiger partial charge in [0.25, 0.3) is 0 Å². The Balaban J connectivity index is -0.00000000900. The second-order valence-corrected chi connectivity index (χ2v) is 0. The van der Waals surface area contributed by atoms with Crippen LogP contribution in [0, 0.1) is 0 Å². The van der Waals surface area contributed by atoms with Crippen molar-refractivity contribution in [3.8, 4) is 0 Å². The summed E-state index contributed by atoms with van der Waals surface area (Å²) in [5.41, 5.74) is 0. The molecule has 0 N–H and O–H groups in total. The summed E-state index contributed by atoms with van der Waals surface area (Å²) < 4.78 is 0. The minimum absolute atomic E-state index is 0. The van der Waals surface area contributed by atoms with Gasteiger partial charge in [-0.3, -0.25) is 0 Å². The van der Waals surface area contributed by atoms with Crippen molar-refractivity contribution in [1.82, 2.24) is 0 Å². The number of hydrogen-bond acceptors (Lipinski definition) is 3. The molecular formula is H9AlO3Si3. The van der Waals surface area contributed by atoms with Gasteiger partial charge in [0.05, 0.1) is 0 Å². The van der Waals surface area contributed by atoms with Crippen LogP contribution >= 0.6 is 0 Å². The standard InChI is InChI=1S/Al.3H3OSi/c;3*1-2/h;3*2H3/q+3;3*-1. The van der Waals surface area contributed by atoms with Gasteiger partial charge < -0.3 is 14.4 Å². The van der Waals surface area contributed by atoms with E-state index in [-0.39, 0.29) is 48.8 Å². The van der Waals surface area contributed by atoms with Gasteiger partial charge in [-0.1, -0.05) is 31.5 Å². The topological polar surface area (TPSA) is 69.2 Å². The Morgan fingerprint density at radius 3 is 0.571 bits per heavy atom. The molecular weight excluding hydrogens is 159 g/mol. The average molecular weight is 168 g/mol. The van der Waals surface area contributed by atoms with E-state index in [0.717, 1.165) is 0 Å². The summed E-state index contributed by atoms with van der Waals surface area (Å²) in [7, 11) is 0.167. The maximum absolute atomic E-state index is 8.39. The summed E-state index contributed by atoms with van der Waals surface area (Å²) in [6, 6.07) is 0. The molecule has 0 radical (unpaired) electrons. The van der Waals surface area contributed by atoms with Gasteiger partial charge in [0.2, 0.25) is 0 Å². The molecule has 3 nitrogen and oxygen atoms in total. The van der Waals surface area contributed by atoms with E-state index in [9.17, 15) is 0 Å². The Bertz CT molecular complexity index is 10.1. The normalized spacial score (nSPS) is 3.86. The molecule has 0 unspecified atom stereocenters. The molecule has 0 aliphatic carbocycles. The van der Waals surface area contributed by atoms with Crippen LogP contribution in [0.1, 0.15) is 0 Å². The maximum atomic E-state index is 8.39. The van der Waals surface area contributed by atoms with Crippen LogP contribution in [0.25, 0.3) is 0 Å². The molecule has 0 saturated carbocycles. The van der Waals surface area contributed by atoms with Crippen molar-refractivity contribution in [2.75, 3.05) is 0 Å². The van der Waals surface area contributed by atoms with E-state index < -0.39 is 0 Å². The third-order valence-electron chi connectivity index (χ3n) is 0. The smallest absolute Gasteiger partial charge is 0.865 e. The van der Waals surface area contributed by atoms with Crippen LogP contribution in [0.5, 0.6) is 0 Å². The molecule has 0 saturated heterocycles. The summed E-state index contributed by atoms with van der Waals surface area (Å²) >= 11 is 0. The van der Waals surface area contributed by atoms with Crippen molar-refractivity contribution in [1.29, 1.82) is 0 Å². The van der Waals surface area contributed by atoms with Crippen LogP contribution in [0.15, 0.2) is 0 Å². The van der Waals surface area contributed by atoms with Gasteiger partial charge in [0.15, 0.2) is 0 Å². The molecule has 0 rings (SSSR count). The van der Waals surface area contributed by atoms with Crippen molar-refractivity contribution in [3.63, 3.8) is 0 Å². The first-order valence-corrected chi connectivity index (χ1v) is 3.67. The first-order chi connectivity index (χ1) is 3.00. The molecule has 0 fully saturated rings. The molecule has 42 valence electrons. The molecule has 0 aliphatic heterocycles. The summed E-state index contributed by atoms with van der Waals surface area (Å²) in [4.78, 5) is 25.2. The van der Waals surface area contributed by atoms with Gasteiger partial charge >= 0.3 is 17.4 Å². The molecule has 0 spiro atoms. The van der Waals surface area contributed by atoms with Crippen LogP contribution in [0.3, 0.4) is 0 Å². The van der Waals surface area contributed by atoms with Gasteiger partial charge in [-0.15, -0.1) is 0 Å². The van der Waals surface area contributed by atoms with Crippen LogP contribution in [0.2, 0.25) is 0 Å². The molecule has 7 heteroatoms. The molecule has 0 aromatic heterocycles. The van der Waals surface area contributed by atoms with Crippen LogP contribution in [-0.2, 0) is 0 Å². The molecule has 0 aromatic rings. The van der Waals surface area contributed by atoms with Crippen molar-refractivity contribution in [2.24, 2.45) is 0 Å². The summed E-state index contributed by atoms with van der Waals surface area (Å²) in [5.74, 6) is 0. The van der Waals surface area contributed by atoms with E-state index in [0.29, 0.717) is 0 Å². The second-order valence-electron chi connectivity index (χ2n) is 0. The van der Waals surface area contributed by atoms with E-state index in [4.69, 9.17) is 14.4 Å². The molecule has 0 bridgehead atoms. The van der Waals surface area contributed by atoms with Gasteiger partial charge in [0, 0.05) is 0 Å². The first-order valence-electron chi connectivity index (χ1n) is 1.22. The molecule has 0 aliphatic rings. The Hall–Kier alpha value is 1.06. The Labute approximate surface area is 63.5 Å². The van der Waals surface area contributed by atoms with Crippen LogP contribution < -0.4 is 14.4 Å². The minimum Gasteiger partial charge on any atom is -0.865 e. The fourth-order valence-electron chi connectivity index (χ4n) is 0. The monoisotopic (exact) mass is 168 g/mol. The predicted octanol–water partition coefficient (Wildman–Crippen LogP) is -7.50. The zero-order valence-electron chi connectivity index (χ0n) is 4.80. The Kier molecular flexibility index (Phi) is 800. The molecule has 0 heterocycles. The largest absolute Gasteiger partial charge is 3.00 e. The fourth-order valence-corrected chi connectivity index (χ4v) is 0. The van der Waals surface area contributed by atoms with Crippen molar-refractivity contribution in [3.05, 3.63) is 0 Å². The van der Waals surface area contributed by atoms with Gasteiger partial charge in [-0.05, 0) is 0 Å². The minimum atomic E-state index is 0. The van der Waals surface area contributed by atoms with Crippen LogP contribution in [0.4, 0.5) is 0 Å². The third-order valence-corrected chi connectivity index (χ3v) is 0. The Morgan fingerprint density at radius 2 is 0.571 bits per heavy atom. The van der Waals surface area contributed by atoms with E-state index in [2.05, 4.69) is 0 Å². The van der Waals surface area contributed by atoms with Gasteiger partial charge in [-0.2, -0.15) is 0 Å². The summed E-state index contributed by atoms with van der Waals surface area (Å²) in [5, 5.41) is 0. The van der Waals surface area contributed by atoms with Crippen molar-refractivity contribution >= 4 is 48.8 Å². The van der Waals surface area contributed by atoms with E-state index in [1.807, 2.05) is 0 Å². The van der Waals surface area contributed by atoms with Gasteiger partial charge in [0.1, 0.15) is 0 Å². The SMILES string of the molecule is [Al+3].[O-][SiH3].[O-][SiH3].[O-][SiH3]. The van der Waals surface area contributed by atoms with Gasteiger partial charge in [-0.25, -0.2) is 0 Å². The van der Waals surface area contributed by atoms with E-state index in [1.165, 1.54) is 0 Å². The second kappa shape index (κ2) is 230. The van der Waals surface area contributed by atoms with Crippen LogP contribution in [-0.4, -0.2) is 48.8 Å². The summed E-state index contributed by atoms with van der Waals surface area (Å²) in [6.07, 6.45) is 0. The van der Waals surface area contributed by atoms with Crippen molar-refractivity contribution < 1.29 is 14.4 Å². The summed E-state index contributed by atoms with van der Waals surface area (Å²) in [6.45, 7) is 0. The van der Waals surface area contributed by atoms with Crippen molar-refractivity contribution in [2.45, 2.75) is 0 Å². The van der Waals surface area contributed by atoms with E-state index in [1.54, 1.807) is 0 Å². The fraction of sp³-hybridized carbons (Fsp3) is 0. The zero-order chi connectivity index (χ0) is 6.00. The average Bonchev–Trinajstić information content (AvgIpc) is 1.81. The molecule has 0 aromatic carbocycles. The molecule has 0 amide bonds. The number of hydrogen-bond donors (Lipinski definition) is 0. The molecule has 7 heavy (non-hydrogen) atoms. The number of rotatable bonds is 0. The van der Waals surface area contributed by atoms with E-state index >= 15 is 0 Å². The third kappa shape index (κ3) is 160. The quantitative estimate of drug-likeness (QED) is 0.337. The predicted molar refractivity (Wildman–Crippen MR) is 35.6 cm³/mol.